The average Bonchev–Trinajstić information content (AvgIpc) is 2.28. The topological polar surface area (TPSA) is 82.3 Å². The van der Waals surface area contributed by atoms with Gasteiger partial charge in [-0.1, -0.05) is 11.6 Å². The summed E-state index contributed by atoms with van der Waals surface area (Å²) in [4.78, 5) is 15.2. The third-order valence-electron chi connectivity index (χ3n) is 2.22. The van der Waals surface area contributed by atoms with Crippen molar-refractivity contribution in [3.05, 3.63) is 27.6 Å². The van der Waals surface area contributed by atoms with Gasteiger partial charge >= 0.3 is 0 Å². The fourth-order valence-corrected chi connectivity index (χ4v) is 2.58. The van der Waals surface area contributed by atoms with E-state index in [1.165, 1.54) is 0 Å². The second-order valence-electron chi connectivity index (χ2n) is 4.07. The molecule has 0 saturated heterocycles. The van der Waals surface area contributed by atoms with E-state index in [0.29, 0.717) is 13.0 Å². The first-order valence-corrected chi connectivity index (χ1v) is 7.21. The predicted octanol–water partition coefficient (Wildman–Crippen LogP) is 0.258. The molecule has 0 aliphatic rings. The van der Waals surface area contributed by atoms with Gasteiger partial charge in [-0.15, -0.1) is 0 Å². The number of sulfonamides is 1. The first kappa shape index (κ1) is 15.2. The van der Waals surface area contributed by atoms with Gasteiger partial charge in [-0.05, 0) is 33.1 Å². The smallest absolute Gasteiger partial charge is 0.266 e. The summed E-state index contributed by atoms with van der Waals surface area (Å²) in [5, 5.41) is -0.147. The van der Waals surface area contributed by atoms with Gasteiger partial charge in [-0.25, -0.2) is 13.1 Å². The molecule has 1 aromatic rings. The Labute approximate surface area is 111 Å². The summed E-state index contributed by atoms with van der Waals surface area (Å²) >= 11 is 5.58. The van der Waals surface area contributed by atoms with Crippen molar-refractivity contribution in [3.63, 3.8) is 0 Å². The lowest BCUT2D eigenvalue weighted by Crippen LogP contribution is -2.28. The summed E-state index contributed by atoms with van der Waals surface area (Å²) in [5.41, 5.74) is -0.511. The van der Waals surface area contributed by atoms with Crippen molar-refractivity contribution >= 4 is 21.6 Å². The Morgan fingerprint density at radius 3 is 2.67 bits per heavy atom. The van der Waals surface area contributed by atoms with Crippen LogP contribution in [0.5, 0.6) is 0 Å². The number of pyridine rings is 1. The molecule has 0 atom stereocenters. The Bertz CT molecular complexity index is 554. The van der Waals surface area contributed by atoms with E-state index in [9.17, 15) is 13.2 Å². The second kappa shape index (κ2) is 6.33. The number of hydrogen-bond acceptors (Lipinski definition) is 4. The molecule has 1 rings (SSSR count). The zero-order valence-electron chi connectivity index (χ0n) is 10.2. The largest absolute Gasteiger partial charge is 0.326 e. The molecule has 1 aromatic heterocycles. The summed E-state index contributed by atoms with van der Waals surface area (Å²) in [6, 6.07) is 1.13. The molecule has 1 heterocycles. The predicted molar refractivity (Wildman–Crippen MR) is 70.4 cm³/mol. The van der Waals surface area contributed by atoms with Crippen LogP contribution in [0.2, 0.25) is 5.02 Å². The Balaban J connectivity index is 2.68. The van der Waals surface area contributed by atoms with Gasteiger partial charge in [0.15, 0.2) is 0 Å². The highest BCUT2D eigenvalue weighted by Gasteiger charge is 2.14. The molecule has 0 spiro atoms. The van der Waals surface area contributed by atoms with Crippen LogP contribution in [0.25, 0.3) is 0 Å². The minimum atomic E-state index is -3.62. The molecule has 0 fully saturated rings. The molecule has 0 aliphatic heterocycles. The molecule has 0 radical (unpaired) electrons. The monoisotopic (exact) mass is 293 g/mol. The number of nitrogens with zero attached hydrogens (tertiary/aromatic N) is 1. The highest BCUT2D eigenvalue weighted by atomic mass is 35.5. The maximum Gasteiger partial charge on any atom is 0.266 e. The summed E-state index contributed by atoms with van der Waals surface area (Å²) < 4.78 is 26.1. The van der Waals surface area contributed by atoms with E-state index in [2.05, 4.69) is 9.71 Å². The van der Waals surface area contributed by atoms with E-state index in [0.717, 1.165) is 18.8 Å². The Morgan fingerprint density at radius 2 is 2.11 bits per heavy atom. The van der Waals surface area contributed by atoms with Gasteiger partial charge in [0.1, 0.15) is 5.02 Å². The molecule has 0 aliphatic carbocycles. The average molecular weight is 294 g/mol. The van der Waals surface area contributed by atoms with E-state index in [4.69, 9.17) is 11.6 Å². The highest BCUT2D eigenvalue weighted by Crippen LogP contribution is 2.10. The second-order valence-corrected chi connectivity index (χ2v) is 6.24. The molecule has 0 bridgehead atoms. The van der Waals surface area contributed by atoms with Crippen LogP contribution in [0.3, 0.4) is 0 Å². The number of H-pyrrole nitrogens is 1. The molecule has 0 unspecified atom stereocenters. The number of halogens is 1. The van der Waals surface area contributed by atoms with Gasteiger partial charge in [-0.2, -0.15) is 0 Å². The van der Waals surface area contributed by atoms with Crippen LogP contribution in [0.1, 0.15) is 6.42 Å². The number of aromatic nitrogens is 1. The van der Waals surface area contributed by atoms with Crippen LogP contribution in [0.15, 0.2) is 22.0 Å². The van der Waals surface area contributed by atoms with Crippen LogP contribution in [0, 0.1) is 0 Å². The van der Waals surface area contributed by atoms with Crippen molar-refractivity contribution in [2.45, 2.75) is 11.3 Å². The van der Waals surface area contributed by atoms with E-state index < -0.39 is 15.6 Å². The standard InChI is InChI=1S/C10H16ClN3O3S/c1-14(2)5-3-4-13-18(16,17)8-6-9(11)10(15)12-7-8/h6-7,13H,3-5H2,1-2H3,(H,12,15). The maximum absolute atomic E-state index is 11.8. The lowest BCUT2D eigenvalue weighted by molar-refractivity contribution is 0.400. The molecular weight excluding hydrogens is 278 g/mol. The van der Waals surface area contributed by atoms with E-state index >= 15 is 0 Å². The Morgan fingerprint density at radius 1 is 1.44 bits per heavy atom. The normalized spacial score (nSPS) is 12.0. The molecule has 2 N–H and O–H groups in total. The van der Waals surface area contributed by atoms with Crippen molar-refractivity contribution in [3.8, 4) is 0 Å². The fraction of sp³-hybridized carbons (Fsp3) is 0.500. The first-order valence-electron chi connectivity index (χ1n) is 5.35. The van der Waals surface area contributed by atoms with E-state index in [1.807, 2.05) is 19.0 Å². The van der Waals surface area contributed by atoms with Crippen molar-refractivity contribution in [2.24, 2.45) is 0 Å². The third kappa shape index (κ3) is 4.41. The number of rotatable bonds is 6. The van der Waals surface area contributed by atoms with Crippen LogP contribution in [-0.2, 0) is 10.0 Å². The molecule has 18 heavy (non-hydrogen) atoms. The first-order chi connectivity index (χ1) is 8.33. The molecule has 0 saturated carbocycles. The summed E-state index contributed by atoms with van der Waals surface area (Å²) in [5.74, 6) is 0. The van der Waals surface area contributed by atoms with Crippen molar-refractivity contribution in [1.29, 1.82) is 0 Å². The van der Waals surface area contributed by atoms with Gasteiger partial charge < -0.3 is 9.88 Å². The third-order valence-corrected chi connectivity index (χ3v) is 3.94. The molecular formula is C10H16ClN3O3S. The Kier molecular flexibility index (Phi) is 5.33. The lowest BCUT2D eigenvalue weighted by Gasteiger charge is -2.10. The zero-order valence-corrected chi connectivity index (χ0v) is 11.8. The summed E-state index contributed by atoms with van der Waals surface area (Å²) in [6.07, 6.45) is 1.83. The molecule has 102 valence electrons. The summed E-state index contributed by atoms with van der Waals surface area (Å²) in [6.45, 7) is 1.12. The van der Waals surface area contributed by atoms with Crippen LogP contribution in [0.4, 0.5) is 0 Å². The van der Waals surface area contributed by atoms with Gasteiger partial charge in [0.25, 0.3) is 5.56 Å². The number of hydrogen-bond donors (Lipinski definition) is 2. The zero-order chi connectivity index (χ0) is 13.8. The van der Waals surface area contributed by atoms with E-state index in [1.54, 1.807) is 0 Å². The summed E-state index contributed by atoms with van der Waals surface area (Å²) in [7, 11) is 0.205. The lowest BCUT2D eigenvalue weighted by atomic mass is 10.4. The van der Waals surface area contributed by atoms with Crippen LogP contribution < -0.4 is 10.3 Å². The Hall–Kier alpha value is -0.890. The molecule has 0 amide bonds. The van der Waals surface area contributed by atoms with Crippen molar-refractivity contribution < 1.29 is 8.42 Å². The fourth-order valence-electron chi connectivity index (χ4n) is 1.28. The number of nitrogens with one attached hydrogen (secondary N) is 2. The minimum absolute atomic E-state index is 0.0445. The van der Waals surface area contributed by atoms with Crippen molar-refractivity contribution in [1.82, 2.24) is 14.6 Å². The molecule has 0 aromatic carbocycles. The molecule has 8 heteroatoms. The van der Waals surface area contributed by atoms with Gasteiger partial charge in [0.2, 0.25) is 10.0 Å². The highest BCUT2D eigenvalue weighted by molar-refractivity contribution is 7.89. The van der Waals surface area contributed by atoms with Gasteiger partial charge in [0.05, 0.1) is 4.90 Å². The molecule has 6 nitrogen and oxygen atoms in total. The van der Waals surface area contributed by atoms with E-state index in [-0.39, 0.29) is 9.92 Å². The van der Waals surface area contributed by atoms with Gasteiger partial charge in [0, 0.05) is 12.7 Å². The number of aromatic amines is 1. The van der Waals surface area contributed by atoms with Crippen molar-refractivity contribution in [2.75, 3.05) is 27.2 Å². The minimum Gasteiger partial charge on any atom is -0.326 e. The SMILES string of the molecule is CN(C)CCCNS(=O)(=O)c1c[nH]c(=O)c(Cl)c1. The van der Waals surface area contributed by atoms with Gasteiger partial charge in [-0.3, -0.25) is 4.79 Å². The van der Waals surface area contributed by atoms with Crippen LogP contribution in [-0.4, -0.2) is 45.5 Å². The quantitative estimate of drug-likeness (QED) is 0.737. The van der Waals surface area contributed by atoms with Crippen LogP contribution >= 0.6 is 11.6 Å². The maximum atomic E-state index is 11.8.